The first-order valence-corrected chi connectivity index (χ1v) is 14.5. The molecule has 3 aromatic heterocycles. The third kappa shape index (κ3) is 6.72. The molecule has 3 aromatic rings. The van der Waals surface area contributed by atoms with Crippen LogP contribution in [0.1, 0.15) is 39.2 Å². The monoisotopic (exact) mass is 648 g/mol. The van der Waals surface area contributed by atoms with Gasteiger partial charge in [0.25, 0.3) is 0 Å². The van der Waals surface area contributed by atoms with Crippen LogP contribution in [0.4, 0.5) is 40.1 Å². The number of ether oxygens (including phenoxy) is 2. The minimum Gasteiger partial charge on any atom is -0.479 e. The van der Waals surface area contributed by atoms with Crippen molar-refractivity contribution in [1.29, 1.82) is 0 Å². The number of carbonyl (C=O) groups is 3. The van der Waals surface area contributed by atoms with E-state index in [0.29, 0.717) is 49.1 Å². The van der Waals surface area contributed by atoms with E-state index in [1.54, 1.807) is 21.8 Å². The lowest BCUT2D eigenvalue weighted by molar-refractivity contribution is -0.192. The molecule has 1 aliphatic carbocycles. The highest BCUT2D eigenvalue weighted by molar-refractivity contribution is 6.03. The van der Waals surface area contributed by atoms with Gasteiger partial charge in [-0.1, -0.05) is 0 Å². The lowest BCUT2D eigenvalue weighted by Crippen LogP contribution is -2.58. The maximum atomic E-state index is 13.4. The van der Waals surface area contributed by atoms with Crippen LogP contribution in [0.2, 0.25) is 0 Å². The molecule has 6 rings (SSSR count). The summed E-state index contributed by atoms with van der Waals surface area (Å²) in [5.41, 5.74) is 2.03. The van der Waals surface area contributed by atoms with Crippen molar-refractivity contribution >= 4 is 46.3 Å². The molecule has 3 amide bonds. The lowest BCUT2D eigenvalue weighted by atomic mass is 10.1. The Labute approximate surface area is 262 Å². The van der Waals surface area contributed by atoms with Crippen molar-refractivity contribution < 1.29 is 42.1 Å². The van der Waals surface area contributed by atoms with E-state index >= 15 is 0 Å². The van der Waals surface area contributed by atoms with Crippen molar-refractivity contribution in [2.45, 2.75) is 57.3 Å². The normalized spacial score (nSPS) is 16.9. The SMILES string of the molecule is COc1nc(NC(=O)N2CCc3c(N4CCN(C(=O)OC(C)(C)C)C5(CC5)C4)ccnc32)cc2cn(C)nc12.O=C(O)C(F)(F)F. The maximum Gasteiger partial charge on any atom is 0.490 e. The highest BCUT2D eigenvalue weighted by Crippen LogP contribution is 2.47. The number of halogens is 3. The van der Waals surface area contributed by atoms with Gasteiger partial charge in [-0.15, -0.1) is 0 Å². The zero-order chi connectivity index (χ0) is 33.6. The molecule has 248 valence electrons. The third-order valence-corrected chi connectivity index (χ3v) is 7.77. The molecule has 2 fully saturated rings. The number of urea groups is 1. The molecule has 0 radical (unpaired) electrons. The van der Waals surface area contributed by atoms with Crippen molar-refractivity contribution in [3.63, 3.8) is 0 Å². The molecule has 0 bridgehead atoms. The highest BCUT2D eigenvalue weighted by atomic mass is 19.4. The van der Waals surface area contributed by atoms with E-state index < -0.39 is 17.7 Å². The fourth-order valence-electron chi connectivity index (χ4n) is 5.63. The van der Waals surface area contributed by atoms with E-state index in [1.807, 2.05) is 45.0 Å². The number of carboxylic acid groups (broad SMARTS) is 1. The second kappa shape index (κ2) is 11.8. The van der Waals surface area contributed by atoms with Crippen molar-refractivity contribution in [2.75, 3.05) is 48.4 Å². The number of aryl methyl sites for hydroxylation is 1. The Balaban J connectivity index is 0.000000537. The first-order chi connectivity index (χ1) is 21.5. The number of nitrogens with one attached hydrogen (secondary N) is 1. The molecule has 3 aliphatic rings. The van der Waals surface area contributed by atoms with Crippen LogP contribution in [0.3, 0.4) is 0 Å². The van der Waals surface area contributed by atoms with Crippen molar-refractivity contribution in [3.05, 3.63) is 30.1 Å². The summed E-state index contributed by atoms with van der Waals surface area (Å²) < 4.78 is 44.5. The quantitative estimate of drug-likeness (QED) is 0.423. The molecule has 1 spiro atoms. The van der Waals surface area contributed by atoms with Crippen molar-refractivity contribution in [2.24, 2.45) is 7.05 Å². The molecular weight excluding hydrogens is 613 g/mol. The van der Waals surface area contributed by atoms with E-state index in [2.05, 4.69) is 25.3 Å². The molecule has 46 heavy (non-hydrogen) atoms. The number of fused-ring (bicyclic) bond motifs is 2. The molecular formula is C29H35F3N8O6. The van der Waals surface area contributed by atoms with Crippen LogP contribution in [0.5, 0.6) is 5.88 Å². The fourth-order valence-corrected chi connectivity index (χ4v) is 5.63. The summed E-state index contributed by atoms with van der Waals surface area (Å²) in [4.78, 5) is 50.0. The standard InChI is InChI=1S/C27H34N8O4.C2HF3O2/c1-26(2,3)39-25(37)35-13-12-33(16-27(35)8-9-27)19-6-10-28-22-18(19)7-11-34(22)24(36)30-20-14-17-15-32(4)31-21(17)23(29-20)38-5;3-2(4,5)1(6)7/h6,10,14-15H,7-9,11-13,16H2,1-5H3,(H,30,36);(H,6,7). The number of alkyl halides is 3. The van der Waals surface area contributed by atoms with Gasteiger partial charge in [0.1, 0.15) is 17.2 Å². The molecule has 0 atom stereocenters. The Bertz CT molecular complexity index is 1670. The van der Waals surface area contributed by atoms with Crippen LogP contribution in [-0.4, -0.2) is 98.5 Å². The first-order valence-electron chi connectivity index (χ1n) is 14.5. The molecule has 1 saturated carbocycles. The van der Waals surface area contributed by atoms with E-state index in [0.717, 1.165) is 36.0 Å². The molecule has 14 nitrogen and oxygen atoms in total. The largest absolute Gasteiger partial charge is 0.490 e. The molecule has 5 heterocycles. The molecule has 0 aromatic carbocycles. The summed E-state index contributed by atoms with van der Waals surface area (Å²) in [6.07, 6.45) is 0.900. The van der Waals surface area contributed by atoms with Crippen molar-refractivity contribution in [1.82, 2.24) is 24.6 Å². The Kier molecular flexibility index (Phi) is 8.38. The van der Waals surface area contributed by atoms with Gasteiger partial charge in [0, 0.05) is 62.3 Å². The molecule has 0 unspecified atom stereocenters. The average Bonchev–Trinajstić information content (AvgIpc) is 3.39. The highest BCUT2D eigenvalue weighted by Gasteiger charge is 2.54. The third-order valence-electron chi connectivity index (χ3n) is 7.77. The number of rotatable bonds is 3. The van der Waals surface area contributed by atoms with Gasteiger partial charge in [0.05, 0.1) is 12.6 Å². The second-order valence-corrected chi connectivity index (χ2v) is 12.3. The molecule has 2 aliphatic heterocycles. The maximum absolute atomic E-state index is 13.4. The number of carbonyl (C=O) groups excluding carboxylic acids is 2. The predicted molar refractivity (Wildman–Crippen MR) is 160 cm³/mol. The smallest absolute Gasteiger partial charge is 0.479 e. The van der Waals surface area contributed by atoms with Crippen LogP contribution >= 0.6 is 0 Å². The van der Waals surface area contributed by atoms with Crippen LogP contribution in [0.25, 0.3) is 10.9 Å². The van der Waals surface area contributed by atoms with Gasteiger partial charge in [0.15, 0.2) is 5.52 Å². The van der Waals surface area contributed by atoms with Crippen molar-refractivity contribution in [3.8, 4) is 5.88 Å². The van der Waals surface area contributed by atoms with E-state index in [9.17, 15) is 22.8 Å². The summed E-state index contributed by atoms with van der Waals surface area (Å²) in [6, 6.07) is 3.50. The zero-order valence-electron chi connectivity index (χ0n) is 26.0. The summed E-state index contributed by atoms with van der Waals surface area (Å²) in [7, 11) is 3.36. The fraction of sp³-hybridized carbons (Fsp3) is 0.517. The van der Waals surface area contributed by atoms with Gasteiger partial charge in [-0.05, 0) is 52.2 Å². The Hall–Kier alpha value is -4.83. The van der Waals surface area contributed by atoms with Gasteiger partial charge in [-0.2, -0.15) is 23.3 Å². The summed E-state index contributed by atoms with van der Waals surface area (Å²) in [5, 5.41) is 15.2. The Morgan fingerprint density at radius 1 is 1.11 bits per heavy atom. The number of aromatic nitrogens is 4. The van der Waals surface area contributed by atoms with E-state index in [1.165, 1.54) is 7.11 Å². The summed E-state index contributed by atoms with van der Waals surface area (Å²) in [6.45, 7) is 8.23. The topological polar surface area (TPSA) is 155 Å². The number of anilines is 3. The van der Waals surface area contributed by atoms with Gasteiger partial charge in [0.2, 0.25) is 5.88 Å². The van der Waals surface area contributed by atoms with Gasteiger partial charge in [-0.25, -0.2) is 19.4 Å². The number of pyridine rings is 2. The number of aliphatic carboxylic acids is 1. The Morgan fingerprint density at radius 3 is 2.41 bits per heavy atom. The lowest BCUT2D eigenvalue weighted by Gasteiger charge is -2.43. The number of hydrogen-bond donors (Lipinski definition) is 2. The average molecular weight is 649 g/mol. The van der Waals surface area contributed by atoms with Crippen LogP contribution < -0.4 is 19.9 Å². The van der Waals surface area contributed by atoms with Crippen LogP contribution in [0, 0.1) is 0 Å². The summed E-state index contributed by atoms with van der Waals surface area (Å²) in [5.74, 6) is -1.37. The zero-order valence-corrected chi connectivity index (χ0v) is 26.0. The molecule has 17 heteroatoms. The number of piperazine rings is 1. The second-order valence-electron chi connectivity index (χ2n) is 12.3. The minimum absolute atomic E-state index is 0.192. The van der Waals surface area contributed by atoms with Gasteiger partial charge >= 0.3 is 24.3 Å². The Morgan fingerprint density at radius 2 is 1.80 bits per heavy atom. The number of methoxy groups -OCH3 is 1. The predicted octanol–water partition coefficient (Wildman–Crippen LogP) is 4.19. The molecule has 1 saturated heterocycles. The number of amides is 3. The van der Waals surface area contributed by atoms with Gasteiger partial charge < -0.3 is 19.5 Å². The first kappa shape index (κ1) is 32.6. The minimum atomic E-state index is -5.08. The van der Waals surface area contributed by atoms with Crippen LogP contribution in [0.15, 0.2) is 24.5 Å². The molecule has 2 N–H and O–H groups in total. The van der Waals surface area contributed by atoms with Crippen LogP contribution in [-0.2, 0) is 23.0 Å². The van der Waals surface area contributed by atoms with Gasteiger partial charge in [-0.3, -0.25) is 19.8 Å². The van der Waals surface area contributed by atoms with E-state index in [4.69, 9.17) is 19.4 Å². The summed E-state index contributed by atoms with van der Waals surface area (Å²) >= 11 is 0. The van der Waals surface area contributed by atoms with E-state index in [-0.39, 0.29) is 17.7 Å². The number of hydrogen-bond acceptors (Lipinski definition) is 9. The number of nitrogens with zero attached hydrogens (tertiary/aromatic N) is 7. The number of carboxylic acids is 1.